The van der Waals surface area contributed by atoms with Crippen LogP contribution < -0.4 is 5.32 Å². The molecule has 0 saturated carbocycles. The lowest BCUT2D eigenvalue weighted by Crippen LogP contribution is -2.39. The number of hydrogen-bond acceptors (Lipinski definition) is 3. The number of nitrogens with zero attached hydrogens (tertiary/aromatic N) is 3. The van der Waals surface area contributed by atoms with Gasteiger partial charge >= 0.3 is 6.03 Å². The standard InChI is InChI=1S/C18H20N4O2/c23-17(15-6-4-9-19-14-15)21-10-5-11-22(13-12-21)18(24)20-16-7-2-1-3-8-16/h1-4,6-9,14H,5,10-13H2,(H,20,24). The summed E-state index contributed by atoms with van der Waals surface area (Å²) in [6.07, 6.45) is 3.98. The first kappa shape index (κ1) is 16.0. The molecule has 6 heteroatoms. The first-order valence-electron chi connectivity index (χ1n) is 8.04. The molecule has 1 aliphatic rings. The van der Waals surface area contributed by atoms with Crippen LogP contribution in [0.2, 0.25) is 0 Å². The van der Waals surface area contributed by atoms with Crippen LogP contribution in [0.1, 0.15) is 16.8 Å². The molecule has 1 fully saturated rings. The Morgan fingerprint density at radius 2 is 1.67 bits per heavy atom. The van der Waals surface area contributed by atoms with Gasteiger partial charge in [-0.2, -0.15) is 0 Å². The van der Waals surface area contributed by atoms with Crippen molar-refractivity contribution in [2.45, 2.75) is 6.42 Å². The van der Waals surface area contributed by atoms with E-state index in [0.29, 0.717) is 31.7 Å². The van der Waals surface area contributed by atoms with E-state index in [-0.39, 0.29) is 11.9 Å². The van der Waals surface area contributed by atoms with Crippen molar-refractivity contribution < 1.29 is 9.59 Å². The van der Waals surface area contributed by atoms with Gasteiger partial charge in [-0.25, -0.2) is 4.79 Å². The highest BCUT2D eigenvalue weighted by molar-refractivity contribution is 5.94. The van der Waals surface area contributed by atoms with Gasteiger partial charge in [0.25, 0.3) is 5.91 Å². The second kappa shape index (κ2) is 7.59. The van der Waals surface area contributed by atoms with E-state index in [1.165, 1.54) is 0 Å². The van der Waals surface area contributed by atoms with E-state index >= 15 is 0 Å². The van der Waals surface area contributed by atoms with E-state index in [2.05, 4.69) is 10.3 Å². The number of para-hydroxylation sites is 1. The highest BCUT2D eigenvalue weighted by Crippen LogP contribution is 2.11. The van der Waals surface area contributed by atoms with Gasteiger partial charge in [-0.3, -0.25) is 9.78 Å². The van der Waals surface area contributed by atoms with Gasteiger partial charge in [0.05, 0.1) is 5.56 Å². The maximum Gasteiger partial charge on any atom is 0.321 e. The fourth-order valence-corrected chi connectivity index (χ4v) is 2.72. The molecule has 3 rings (SSSR count). The predicted molar refractivity (Wildman–Crippen MR) is 91.8 cm³/mol. The van der Waals surface area contributed by atoms with Gasteiger partial charge in [0, 0.05) is 44.3 Å². The van der Waals surface area contributed by atoms with Crippen LogP contribution in [0.4, 0.5) is 10.5 Å². The lowest BCUT2D eigenvalue weighted by molar-refractivity contribution is 0.0762. The molecule has 0 atom stereocenters. The summed E-state index contributed by atoms with van der Waals surface area (Å²) in [5, 5.41) is 2.89. The fraction of sp³-hybridized carbons (Fsp3) is 0.278. The van der Waals surface area contributed by atoms with Gasteiger partial charge in [-0.05, 0) is 30.7 Å². The van der Waals surface area contributed by atoms with E-state index < -0.39 is 0 Å². The number of rotatable bonds is 2. The molecule has 0 aliphatic carbocycles. The summed E-state index contributed by atoms with van der Waals surface area (Å²) in [4.78, 5) is 32.4. The minimum absolute atomic E-state index is 0.0339. The lowest BCUT2D eigenvalue weighted by atomic mass is 10.2. The Morgan fingerprint density at radius 3 is 2.42 bits per heavy atom. The summed E-state index contributed by atoms with van der Waals surface area (Å²) in [6, 6.07) is 12.8. The highest BCUT2D eigenvalue weighted by Gasteiger charge is 2.22. The molecule has 1 saturated heterocycles. The molecule has 0 bridgehead atoms. The zero-order valence-electron chi connectivity index (χ0n) is 13.4. The van der Waals surface area contributed by atoms with E-state index in [1.807, 2.05) is 30.3 Å². The molecule has 124 valence electrons. The van der Waals surface area contributed by atoms with Gasteiger partial charge in [0.2, 0.25) is 0 Å². The van der Waals surface area contributed by atoms with Crippen molar-refractivity contribution in [1.29, 1.82) is 0 Å². The predicted octanol–water partition coefficient (Wildman–Crippen LogP) is 2.46. The molecule has 0 radical (unpaired) electrons. The largest absolute Gasteiger partial charge is 0.337 e. The number of aromatic nitrogens is 1. The summed E-state index contributed by atoms with van der Waals surface area (Å²) >= 11 is 0. The minimum atomic E-state index is -0.128. The summed E-state index contributed by atoms with van der Waals surface area (Å²) in [5.41, 5.74) is 1.36. The summed E-state index contributed by atoms with van der Waals surface area (Å²) < 4.78 is 0. The van der Waals surface area contributed by atoms with Crippen molar-refractivity contribution in [2.75, 3.05) is 31.5 Å². The Kier molecular flexibility index (Phi) is 5.05. The molecule has 6 nitrogen and oxygen atoms in total. The zero-order valence-corrected chi connectivity index (χ0v) is 13.4. The molecule has 24 heavy (non-hydrogen) atoms. The second-order valence-electron chi connectivity index (χ2n) is 5.67. The third-order valence-electron chi connectivity index (χ3n) is 4.00. The SMILES string of the molecule is O=C(Nc1ccccc1)N1CCCN(C(=O)c2cccnc2)CC1. The fourth-order valence-electron chi connectivity index (χ4n) is 2.72. The Morgan fingerprint density at radius 1 is 0.917 bits per heavy atom. The van der Waals surface area contributed by atoms with Crippen molar-refractivity contribution in [3.05, 3.63) is 60.4 Å². The summed E-state index contributed by atoms with van der Waals surface area (Å²) in [6.45, 7) is 2.32. The molecular formula is C18H20N4O2. The van der Waals surface area contributed by atoms with E-state index in [0.717, 1.165) is 12.1 Å². The van der Waals surface area contributed by atoms with Crippen molar-refractivity contribution >= 4 is 17.6 Å². The van der Waals surface area contributed by atoms with Gasteiger partial charge in [-0.15, -0.1) is 0 Å². The topological polar surface area (TPSA) is 65.5 Å². The van der Waals surface area contributed by atoms with Crippen molar-refractivity contribution in [2.24, 2.45) is 0 Å². The summed E-state index contributed by atoms with van der Waals surface area (Å²) in [7, 11) is 0. The molecule has 3 amide bonds. The maximum atomic E-state index is 12.5. The molecule has 1 N–H and O–H groups in total. The molecule has 0 unspecified atom stereocenters. The zero-order chi connectivity index (χ0) is 16.8. The van der Waals surface area contributed by atoms with Crippen LogP contribution in [0.25, 0.3) is 0 Å². The monoisotopic (exact) mass is 324 g/mol. The molecule has 2 aromatic rings. The third-order valence-corrected chi connectivity index (χ3v) is 4.00. The minimum Gasteiger partial charge on any atom is -0.337 e. The smallest absolute Gasteiger partial charge is 0.321 e. The van der Waals surface area contributed by atoms with E-state index in [1.54, 1.807) is 34.3 Å². The van der Waals surface area contributed by atoms with Crippen LogP contribution >= 0.6 is 0 Å². The number of benzene rings is 1. The number of carbonyl (C=O) groups is 2. The average molecular weight is 324 g/mol. The maximum absolute atomic E-state index is 12.5. The van der Waals surface area contributed by atoms with Gasteiger partial charge in [-0.1, -0.05) is 18.2 Å². The average Bonchev–Trinajstić information content (AvgIpc) is 2.89. The first-order chi connectivity index (χ1) is 11.7. The highest BCUT2D eigenvalue weighted by atomic mass is 16.2. The van der Waals surface area contributed by atoms with Crippen LogP contribution in [0.5, 0.6) is 0 Å². The Bertz CT molecular complexity index is 691. The second-order valence-corrected chi connectivity index (χ2v) is 5.67. The van der Waals surface area contributed by atoms with Crippen molar-refractivity contribution in [3.63, 3.8) is 0 Å². The number of nitrogens with one attached hydrogen (secondary N) is 1. The van der Waals surface area contributed by atoms with Crippen LogP contribution in [0.3, 0.4) is 0 Å². The Balaban J connectivity index is 1.59. The number of hydrogen-bond donors (Lipinski definition) is 1. The van der Waals surface area contributed by atoms with Crippen LogP contribution in [0, 0.1) is 0 Å². The number of pyridine rings is 1. The van der Waals surface area contributed by atoms with Crippen LogP contribution in [-0.4, -0.2) is 52.9 Å². The molecular weight excluding hydrogens is 304 g/mol. The number of urea groups is 1. The number of anilines is 1. The molecule has 1 aromatic carbocycles. The van der Waals surface area contributed by atoms with Crippen LogP contribution in [-0.2, 0) is 0 Å². The summed E-state index contributed by atoms with van der Waals surface area (Å²) in [5.74, 6) is -0.0339. The third kappa shape index (κ3) is 3.90. The quantitative estimate of drug-likeness (QED) is 0.923. The number of amides is 3. The van der Waals surface area contributed by atoms with E-state index in [9.17, 15) is 9.59 Å². The van der Waals surface area contributed by atoms with Gasteiger partial charge in [0.1, 0.15) is 0 Å². The normalized spacial score (nSPS) is 14.8. The molecule has 0 spiro atoms. The van der Waals surface area contributed by atoms with Gasteiger partial charge in [0.15, 0.2) is 0 Å². The Hall–Kier alpha value is -2.89. The molecule has 2 heterocycles. The lowest BCUT2D eigenvalue weighted by Gasteiger charge is -2.22. The molecule has 1 aliphatic heterocycles. The first-order valence-corrected chi connectivity index (χ1v) is 8.04. The Labute approximate surface area is 141 Å². The van der Waals surface area contributed by atoms with Crippen LogP contribution in [0.15, 0.2) is 54.9 Å². The number of carbonyl (C=O) groups excluding carboxylic acids is 2. The van der Waals surface area contributed by atoms with Crippen molar-refractivity contribution in [1.82, 2.24) is 14.8 Å². The molecule has 1 aromatic heterocycles. The van der Waals surface area contributed by atoms with Gasteiger partial charge < -0.3 is 15.1 Å². The van der Waals surface area contributed by atoms with Crippen molar-refractivity contribution in [3.8, 4) is 0 Å². The van der Waals surface area contributed by atoms with E-state index in [4.69, 9.17) is 0 Å².